The maximum atomic E-state index is 11.7. The van der Waals surface area contributed by atoms with E-state index in [1.165, 1.54) is 18.2 Å². The maximum Gasteiger partial charge on any atom is 0.269 e. The van der Waals surface area contributed by atoms with Crippen LogP contribution < -0.4 is 5.32 Å². The fraction of sp³-hybridized carbons (Fsp3) is 0.118. The summed E-state index contributed by atoms with van der Waals surface area (Å²) in [5, 5.41) is 13.3. The van der Waals surface area contributed by atoms with Crippen molar-refractivity contribution in [2.75, 3.05) is 0 Å². The SMILES string of the molecule is Cc1cccc(/C=C/C(=O)NCc2ccc([N+](=O)[O-])cc2)c1. The summed E-state index contributed by atoms with van der Waals surface area (Å²) < 4.78 is 0. The van der Waals surface area contributed by atoms with Crippen LogP contribution in [0.4, 0.5) is 5.69 Å². The van der Waals surface area contributed by atoms with Crippen LogP contribution in [0.1, 0.15) is 16.7 Å². The number of non-ortho nitro benzene ring substituents is 1. The summed E-state index contributed by atoms with van der Waals surface area (Å²) >= 11 is 0. The summed E-state index contributed by atoms with van der Waals surface area (Å²) in [5.74, 6) is -0.208. The minimum absolute atomic E-state index is 0.0365. The van der Waals surface area contributed by atoms with Gasteiger partial charge in [0, 0.05) is 24.8 Å². The van der Waals surface area contributed by atoms with Crippen molar-refractivity contribution in [1.29, 1.82) is 0 Å². The number of nitro benzene ring substituents is 1. The second-order valence-electron chi connectivity index (χ2n) is 4.89. The lowest BCUT2D eigenvalue weighted by Crippen LogP contribution is -2.20. The van der Waals surface area contributed by atoms with Crippen molar-refractivity contribution in [3.63, 3.8) is 0 Å². The molecular weight excluding hydrogens is 280 g/mol. The lowest BCUT2D eigenvalue weighted by Gasteiger charge is -2.02. The Morgan fingerprint density at radius 2 is 1.95 bits per heavy atom. The lowest BCUT2D eigenvalue weighted by molar-refractivity contribution is -0.384. The first-order chi connectivity index (χ1) is 10.5. The highest BCUT2D eigenvalue weighted by atomic mass is 16.6. The minimum Gasteiger partial charge on any atom is -0.348 e. The van der Waals surface area contributed by atoms with Gasteiger partial charge in [-0.2, -0.15) is 0 Å². The number of aryl methyl sites for hydroxylation is 1. The van der Waals surface area contributed by atoms with Crippen LogP contribution in [0.25, 0.3) is 6.08 Å². The van der Waals surface area contributed by atoms with Crippen LogP contribution in [0.3, 0.4) is 0 Å². The third kappa shape index (κ3) is 4.56. The van der Waals surface area contributed by atoms with Crippen molar-refractivity contribution in [3.8, 4) is 0 Å². The largest absolute Gasteiger partial charge is 0.348 e. The number of benzene rings is 2. The van der Waals surface area contributed by atoms with Crippen LogP contribution in [0.5, 0.6) is 0 Å². The molecule has 0 saturated heterocycles. The maximum absolute atomic E-state index is 11.7. The Labute approximate surface area is 128 Å². The number of nitro groups is 1. The van der Waals surface area contributed by atoms with Crippen LogP contribution in [0, 0.1) is 17.0 Å². The van der Waals surface area contributed by atoms with E-state index < -0.39 is 4.92 Å². The van der Waals surface area contributed by atoms with Gasteiger partial charge in [0.1, 0.15) is 0 Å². The molecule has 0 aliphatic rings. The molecule has 0 saturated carbocycles. The molecule has 0 bridgehead atoms. The first-order valence-electron chi connectivity index (χ1n) is 6.80. The van der Waals surface area contributed by atoms with Gasteiger partial charge in [-0.1, -0.05) is 42.0 Å². The van der Waals surface area contributed by atoms with Crippen molar-refractivity contribution in [3.05, 3.63) is 81.4 Å². The van der Waals surface area contributed by atoms with E-state index in [4.69, 9.17) is 0 Å². The number of hydrogen-bond acceptors (Lipinski definition) is 3. The molecule has 112 valence electrons. The van der Waals surface area contributed by atoms with Crippen LogP contribution in [-0.2, 0) is 11.3 Å². The molecule has 0 aliphatic carbocycles. The zero-order chi connectivity index (χ0) is 15.9. The highest BCUT2D eigenvalue weighted by Crippen LogP contribution is 2.11. The van der Waals surface area contributed by atoms with E-state index in [2.05, 4.69) is 5.32 Å². The number of amides is 1. The van der Waals surface area contributed by atoms with Gasteiger partial charge < -0.3 is 5.32 Å². The first kappa shape index (κ1) is 15.4. The zero-order valence-corrected chi connectivity index (χ0v) is 12.2. The second kappa shape index (κ2) is 7.17. The molecule has 5 nitrogen and oxygen atoms in total. The summed E-state index contributed by atoms with van der Waals surface area (Å²) in [6.07, 6.45) is 3.22. The third-order valence-electron chi connectivity index (χ3n) is 3.08. The summed E-state index contributed by atoms with van der Waals surface area (Å²) in [5.41, 5.74) is 2.94. The monoisotopic (exact) mass is 296 g/mol. The van der Waals surface area contributed by atoms with Gasteiger partial charge in [-0.3, -0.25) is 14.9 Å². The Bertz CT molecular complexity index is 706. The van der Waals surface area contributed by atoms with Crippen LogP contribution >= 0.6 is 0 Å². The highest BCUT2D eigenvalue weighted by Gasteiger charge is 2.04. The van der Waals surface area contributed by atoms with Gasteiger partial charge in [0.15, 0.2) is 0 Å². The molecule has 0 spiro atoms. The van der Waals surface area contributed by atoms with Gasteiger partial charge in [0.25, 0.3) is 5.69 Å². The van der Waals surface area contributed by atoms with Gasteiger partial charge in [0.2, 0.25) is 5.91 Å². The van der Waals surface area contributed by atoms with Crippen LogP contribution in [-0.4, -0.2) is 10.8 Å². The Morgan fingerprint density at radius 3 is 2.59 bits per heavy atom. The number of carbonyl (C=O) groups excluding carboxylic acids is 1. The zero-order valence-electron chi connectivity index (χ0n) is 12.2. The molecule has 0 fully saturated rings. The normalized spacial score (nSPS) is 10.6. The third-order valence-corrected chi connectivity index (χ3v) is 3.08. The average Bonchev–Trinajstić information content (AvgIpc) is 2.51. The summed E-state index contributed by atoms with van der Waals surface area (Å²) in [6.45, 7) is 2.32. The predicted octanol–water partition coefficient (Wildman–Crippen LogP) is 3.23. The average molecular weight is 296 g/mol. The highest BCUT2D eigenvalue weighted by molar-refractivity contribution is 5.91. The van der Waals surface area contributed by atoms with Crippen molar-refractivity contribution in [1.82, 2.24) is 5.32 Å². The van der Waals surface area contributed by atoms with Gasteiger partial charge in [-0.15, -0.1) is 0 Å². The Hall–Kier alpha value is -2.95. The van der Waals surface area contributed by atoms with Crippen molar-refractivity contribution in [2.24, 2.45) is 0 Å². The first-order valence-corrected chi connectivity index (χ1v) is 6.80. The summed E-state index contributed by atoms with van der Waals surface area (Å²) in [6, 6.07) is 13.9. The fourth-order valence-electron chi connectivity index (χ4n) is 1.93. The Morgan fingerprint density at radius 1 is 1.23 bits per heavy atom. The summed E-state index contributed by atoms with van der Waals surface area (Å²) in [4.78, 5) is 21.8. The topological polar surface area (TPSA) is 72.2 Å². The molecule has 2 aromatic rings. The van der Waals surface area contributed by atoms with Crippen LogP contribution in [0.2, 0.25) is 0 Å². The van der Waals surface area contributed by atoms with Gasteiger partial charge in [-0.05, 0) is 24.1 Å². The molecule has 1 amide bonds. The predicted molar refractivity (Wildman–Crippen MR) is 85.2 cm³/mol. The van der Waals surface area contributed by atoms with Gasteiger partial charge in [-0.25, -0.2) is 0 Å². The Kier molecular flexibility index (Phi) is 5.03. The quantitative estimate of drug-likeness (QED) is 0.523. The number of nitrogens with one attached hydrogen (secondary N) is 1. The van der Waals surface area contributed by atoms with E-state index in [1.807, 2.05) is 31.2 Å². The fourth-order valence-corrected chi connectivity index (χ4v) is 1.93. The molecule has 0 atom stereocenters. The van der Waals surface area contributed by atoms with E-state index in [0.717, 1.165) is 16.7 Å². The van der Waals surface area contributed by atoms with E-state index in [1.54, 1.807) is 18.2 Å². The second-order valence-corrected chi connectivity index (χ2v) is 4.89. The van der Waals surface area contributed by atoms with Crippen LogP contribution in [0.15, 0.2) is 54.6 Å². The molecular formula is C17H16N2O3. The minimum atomic E-state index is -0.451. The number of hydrogen-bond donors (Lipinski definition) is 1. The number of rotatable bonds is 5. The molecule has 0 aliphatic heterocycles. The Balaban J connectivity index is 1.88. The summed E-state index contributed by atoms with van der Waals surface area (Å²) in [7, 11) is 0. The van der Waals surface area contributed by atoms with Crippen molar-refractivity contribution >= 4 is 17.7 Å². The molecule has 1 N–H and O–H groups in total. The standard InChI is InChI=1S/C17H16N2O3/c1-13-3-2-4-14(11-13)7-10-17(20)18-12-15-5-8-16(9-6-15)19(21)22/h2-11H,12H2,1H3,(H,18,20)/b10-7+. The van der Waals surface area contributed by atoms with Gasteiger partial charge in [0.05, 0.1) is 4.92 Å². The van der Waals surface area contributed by atoms with E-state index >= 15 is 0 Å². The molecule has 2 aromatic carbocycles. The molecule has 0 heterocycles. The van der Waals surface area contributed by atoms with E-state index in [0.29, 0.717) is 6.54 Å². The van der Waals surface area contributed by atoms with E-state index in [9.17, 15) is 14.9 Å². The molecule has 0 radical (unpaired) electrons. The van der Waals surface area contributed by atoms with Crippen molar-refractivity contribution in [2.45, 2.75) is 13.5 Å². The van der Waals surface area contributed by atoms with Crippen molar-refractivity contribution < 1.29 is 9.72 Å². The molecule has 0 unspecified atom stereocenters. The number of carbonyl (C=O) groups is 1. The van der Waals surface area contributed by atoms with Gasteiger partial charge >= 0.3 is 0 Å². The smallest absolute Gasteiger partial charge is 0.269 e. The molecule has 22 heavy (non-hydrogen) atoms. The molecule has 2 rings (SSSR count). The lowest BCUT2D eigenvalue weighted by atomic mass is 10.1. The van der Waals surface area contributed by atoms with E-state index in [-0.39, 0.29) is 11.6 Å². The molecule has 0 aromatic heterocycles. The molecule has 5 heteroatoms. The number of nitrogens with zero attached hydrogens (tertiary/aromatic N) is 1.